The molecule has 0 spiro atoms. The highest BCUT2D eigenvalue weighted by molar-refractivity contribution is 7.89. The number of carbonyl (C=O) groups excluding carboxylic acids is 1. The molecule has 9 heteroatoms. The van der Waals surface area contributed by atoms with Gasteiger partial charge in [-0.15, -0.1) is 0 Å². The van der Waals surface area contributed by atoms with Crippen molar-refractivity contribution in [3.8, 4) is 0 Å². The van der Waals surface area contributed by atoms with E-state index in [0.717, 1.165) is 12.1 Å². The number of piperazine rings is 1. The number of amides is 1. The second-order valence-electron chi connectivity index (χ2n) is 7.24. The lowest BCUT2D eigenvalue weighted by atomic mass is 10.2. The number of rotatable bonds is 6. The van der Waals surface area contributed by atoms with Gasteiger partial charge in [-0.2, -0.15) is 4.31 Å². The predicted octanol–water partition coefficient (Wildman–Crippen LogP) is 1.92. The molecule has 2 rings (SSSR count). The molecule has 1 aliphatic rings. The third-order valence-electron chi connectivity index (χ3n) is 4.60. The fraction of sp³-hybridized carbons (Fsp3) is 0.611. The van der Waals surface area contributed by atoms with Crippen molar-refractivity contribution in [2.75, 3.05) is 32.7 Å². The van der Waals surface area contributed by atoms with Crippen LogP contribution in [0.15, 0.2) is 23.1 Å². The highest BCUT2D eigenvalue weighted by Gasteiger charge is 2.32. The maximum absolute atomic E-state index is 13.9. The van der Waals surface area contributed by atoms with Crippen LogP contribution >= 0.6 is 0 Å². The van der Waals surface area contributed by atoms with Crippen LogP contribution in [0.4, 0.5) is 8.78 Å². The number of halogens is 2. The summed E-state index contributed by atoms with van der Waals surface area (Å²) in [7, 11) is -4.03. The van der Waals surface area contributed by atoms with E-state index in [9.17, 15) is 22.0 Å². The molecule has 1 aromatic rings. The maximum Gasteiger partial charge on any atom is 0.246 e. The summed E-state index contributed by atoms with van der Waals surface area (Å²) >= 11 is 0. The molecule has 1 amide bonds. The Hall–Kier alpha value is -1.58. The van der Waals surface area contributed by atoms with E-state index in [1.807, 2.05) is 32.6 Å². The van der Waals surface area contributed by atoms with Crippen molar-refractivity contribution < 1.29 is 22.0 Å². The van der Waals surface area contributed by atoms with Crippen molar-refractivity contribution in [2.45, 2.75) is 44.7 Å². The molecular formula is C18H27F2N3O3S. The van der Waals surface area contributed by atoms with Crippen LogP contribution in [0.2, 0.25) is 0 Å². The molecule has 0 saturated carbocycles. The summed E-state index contributed by atoms with van der Waals surface area (Å²) in [4.78, 5) is 15.7. The summed E-state index contributed by atoms with van der Waals surface area (Å²) in [6.07, 6.45) is 0. The van der Waals surface area contributed by atoms with E-state index in [1.165, 1.54) is 4.31 Å². The minimum Gasteiger partial charge on any atom is -0.337 e. The molecule has 0 bridgehead atoms. The Morgan fingerprint density at radius 2 is 1.63 bits per heavy atom. The van der Waals surface area contributed by atoms with Gasteiger partial charge in [0.1, 0.15) is 16.5 Å². The fourth-order valence-corrected chi connectivity index (χ4v) is 4.86. The average Bonchev–Trinajstić information content (AvgIpc) is 2.54. The quantitative estimate of drug-likeness (QED) is 0.728. The fourth-order valence-electron chi connectivity index (χ4n) is 3.40. The van der Waals surface area contributed by atoms with Gasteiger partial charge in [-0.1, -0.05) is 0 Å². The number of carbonyl (C=O) groups is 1. The SMILES string of the molecule is CC(C)N(C(=O)CN1CCN(S(=O)(=O)c2ccc(F)cc2F)CC1)C(C)C. The first kappa shape index (κ1) is 21.7. The van der Waals surface area contributed by atoms with Crippen molar-refractivity contribution in [1.29, 1.82) is 0 Å². The Kier molecular flexibility index (Phi) is 6.93. The molecule has 1 aliphatic heterocycles. The van der Waals surface area contributed by atoms with Crippen LogP contribution in [0.25, 0.3) is 0 Å². The largest absolute Gasteiger partial charge is 0.337 e. The molecule has 0 atom stereocenters. The zero-order chi connectivity index (χ0) is 20.4. The number of hydrogen-bond acceptors (Lipinski definition) is 4. The van der Waals surface area contributed by atoms with E-state index < -0.39 is 26.6 Å². The lowest BCUT2D eigenvalue weighted by Gasteiger charge is -2.36. The Balaban J connectivity index is 2.01. The highest BCUT2D eigenvalue weighted by Crippen LogP contribution is 2.21. The molecule has 1 heterocycles. The molecule has 152 valence electrons. The van der Waals surface area contributed by atoms with Crippen molar-refractivity contribution in [3.05, 3.63) is 29.8 Å². The zero-order valence-electron chi connectivity index (χ0n) is 16.2. The van der Waals surface area contributed by atoms with Crippen LogP contribution in [0, 0.1) is 11.6 Å². The van der Waals surface area contributed by atoms with E-state index in [1.54, 1.807) is 4.90 Å². The normalized spacial score (nSPS) is 16.9. The van der Waals surface area contributed by atoms with Gasteiger partial charge in [0.2, 0.25) is 15.9 Å². The molecular weight excluding hydrogens is 376 g/mol. The molecule has 0 unspecified atom stereocenters. The lowest BCUT2D eigenvalue weighted by molar-refractivity contribution is -0.136. The summed E-state index contributed by atoms with van der Waals surface area (Å²) in [6.45, 7) is 9.09. The van der Waals surface area contributed by atoms with Gasteiger partial charge in [-0.05, 0) is 39.8 Å². The van der Waals surface area contributed by atoms with E-state index >= 15 is 0 Å². The molecule has 1 fully saturated rings. The minimum atomic E-state index is -4.03. The molecule has 0 aliphatic carbocycles. The van der Waals surface area contributed by atoms with E-state index in [0.29, 0.717) is 19.2 Å². The molecule has 1 saturated heterocycles. The van der Waals surface area contributed by atoms with E-state index in [2.05, 4.69) is 0 Å². The van der Waals surface area contributed by atoms with Gasteiger partial charge < -0.3 is 4.90 Å². The average molecular weight is 403 g/mol. The Morgan fingerprint density at radius 3 is 2.11 bits per heavy atom. The molecule has 0 radical (unpaired) electrons. The van der Waals surface area contributed by atoms with Gasteiger partial charge in [0.25, 0.3) is 0 Å². The molecule has 6 nitrogen and oxygen atoms in total. The summed E-state index contributed by atoms with van der Waals surface area (Å²) in [6, 6.07) is 2.60. The monoisotopic (exact) mass is 403 g/mol. The second kappa shape index (κ2) is 8.62. The van der Waals surface area contributed by atoms with E-state index in [-0.39, 0.29) is 37.6 Å². The lowest BCUT2D eigenvalue weighted by Crippen LogP contribution is -2.53. The van der Waals surface area contributed by atoms with Crippen molar-refractivity contribution in [3.63, 3.8) is 0 Å². The van der Waals surface area contributed by atoms with Gasteiger partial charge in [0.05, 0.1) is 6.54 Å². The summed E-state index contributed by atoms with van der Waals surface area (Å²) in [5, 5.41) is 0. The van der Waals surface area contributed by atoms with Crippen LogP contribution in [-0.2, 0) is 14.8 Å². The third-order valence-corrected chi connectivity index (χ3v) is 6.53. The summed E-state index contributed by atoms with van der Waals surface area (Å²) < 4.78 is 53.3. The highest BCUT2D eigenvalue weighted by atomic mass is 32.2. The molecule has 1 aromatic carbocycles. The third kappa shape index (κ3) is 5.03. The zero-order valence-corrected chi connectivity index (χ0v) is 17.0. The van der Waals surface area contributed by atoms with Gasteiger partial charge in [0, 0.05) is 44.3 Å². The second-order valence-corrected chi connectivity index (χ2v) is 9.15. The number of nitrogens with zero attached hydrogens (tertiary/aromatic N) is 3. The summed E-state index contributed by atoms with van der Waals surface area (Å²) in [5.41, 5.74) is 0. The van der Waals surface area contributed by atoms with Gasteiger partial charge >= 0.3 is 0 Å². The van der Waals surface area contributed by atoms with Crippen LogP contribution in [0.3, 0.4) is 0 Å². The minimum absolute atomic E-state index is 0.000821. The first-order chi connectivity index (χ1) is 12.5. The summed E-state index contributed by atoms with van der Waals surface area (Å²) in [5.74, 6) is -1.92. The van der Waals surface area contributed by atoms with Gasteiger partial charge in [-0.3, -0.25) is 9.69 Å². The molecule has 0 aromatic heterocycles. The molecule has 27 heavy (non-hydrogen) atoms. The Labute approximate surface area is 159 Å². The number of sulfonamides is 1. The maximum atomic E-state index is 13.9. The van der Waals surface area contributed by atoms with E-state index in [4.69, 9.17) is 0 Å². The standard InChI is InChI=1S/C18H27F2N3O3S/c1-13(2)23(14(3)4)18(24)12-21-7-9-22(10-8-21)27(25,26)17-6-5-15(19)11-16(17)20/h5-6,11,13-14H,7-10,12H2,1-4H3. The van der Waals surface area contributed by atoms with Crippen molar-refractivity contribution in [1.82, 2.24) is 14.1 Å². The van der Waals surface area contributed by atoms with Crippen molar-refractivity contribution >= 4 is 15.9 Å². The Bertz CT molecular complexity index is 768. The van der Waals surface area contributed by atoms with Gasteiger partial charge in [0.15, 0.2) is 0 Å². The van der Waals surface area contributed by atoms with Crippen molar-refractivity contribution in [2.24, 2.45) is 0 Å². The van der Waals surface area contributed by atoms with Crippen LogP contribution < -0.4 is 0 Å². The number of hydrogen-bond donors (Lipinski definition) is 0. The predicted molar refractivity (Wildman–Crippen MR) is 98.7 cm³/mol. The first-order valence-electron chi connectivity index (χ1n) is 9.02. The first-order valence-corrected chi connectivity index (χ1v) is 10.5. The molecule has 0 N–H and O–H groups in total. The Morgan fingerprint density at radius 1 is 1.07 bits per heavy atom. The number of benzene rings is 1. The smallest absolute Gasteiger partial charge is 0.246 e. The topological polar surface area (TPSA) is 60.9 Å². The van der Waals surface area contributed by atoms with Crippen LogP contribution in [-0.4, -0.2) is 73.2 Å². The van der Waals surface area contributed by atoms with Crippen LogP contribution in [0.1, 0.15) is 27.7 Å². The van der Waals surface area contributed by atoms with Crippen LogP contribution in [0.5, 0.6) is 0 Å². The van der Waals surface area contributed by atoms with Gasteiger partial charge in [-0.25, -0.2) is 17.2 Å².